The first kappa shape index (κ1) is 23.2. The quantitative estimate of drug-likeness (QED) is 0.206. The molecule has 174 valence electrons. The maximum Gasteiger partial charge on any atom is 0.142 e. The molecular weight excluding hydrogens is 424 g/mol. The van der Waals surface area contributed by atoms with Gasteiger partial charge >= 0.3 is 0 Å². The number of oxime groups is 1. The number of aromatic nitrogens is 1. The van der Waals surface area contributed by atoms with E-state index in [1.165, 1.54) is 0 Å². The fourth-order valence-corrected chi connectivity index (χ4v) is 4.00. The van der Waals surface area contributed by atoms with Gasteiger partial charge in [0.15, 0.2) is 0 Å². The van der Waals surface area contributed by atoms with Crippen LogP contribution in [0.5, 0.6) is 11.5 Å². The van der Waals surface area contributed by atoms with Crippen molar-refractivity contribution in [2.75, 3.05) is 13.7 Å². The third-order valence-corrected chi connectivity index (χ3v) is 5.68. The average molecular weight is 455 g/mol. The van der Waals surface area contributed by atoms with Crippen molar-refractivity contribution in [1.29, 1.82) is 0 Å². The second-order valence-corrected chi connectivity index (χ2v) is 7.96. The van der Waals surface area contributed by atoms with Crippen LogP contribution in [-0.4, -0.2) is 24.0 Å². The average Bonchev–Trinajstić information content (AvgIpc) is 3.22. The van der Waals surface area contributed by atoms with Crippen LogP contribution >= 0.6 is 0 Å². The number of benzene rings is 3. The van der Waals surface area contributed by atoms with E-state index in [1.807, 2.05) is 56.3 Å². The van der Waals surface area contributed by atoms with E-state index in [4.69, 9.17) is 14.3 Å². The van der Waals surface area contributed by atoms with Crippen molar-refractivity contribution in [1.82, 2.24) is 4.57 Å². The molecular formula is C29H30N2O3. The third kappa shape index (κ3) is 5.15. The van der Waals surface area contributed by atoms with Crippen molar-refractivity contribution in [2.45, 2.75) is 27.4 Å². The summed E-state index contributed by atoms with van der Waals surface area (Å²) in [6.07, 6.45) is 0. The molecule has 0 spiro atoms. The van der Waals surface area contributed by atoms with E-state index in [1.54, 1.807) is 7.11 Å². The topological polar surface area (TPSA) is 45.0 Å². The van der Waals surface area contributed by atoms with Gasteiger partial charge in [-0.25, -0.2) is 0 Å². The first-order valence-electron chi connectivity index (χ1n) is 11.4. The Morgan fingerprint density at radius 3 is 2.35 bits per heavy atom. The van der Waals surface area contributed by atoms with Crippen LogP contribution in [-0.2, 0) is 11.4 Å². The molecule has 5 heteroatoms. The molecule has 0 radical (unpaired) electrons. The minimum Gasteiger partial charge on any atom is -0.497 e. The zero-order valence-corrected chi connectivity index (χ0v) is 20.1. The van der Waals surface area contributed by atoms with Gasteiger partial charge < -0.3 is 18.9 Å². The molecule has 1 heterocycles. The zero-order chi connectivity index (χ0) is 23.9. The highest BCUT2D eigenvalue weighted by atomic mass is 16.6. The summed E-state index contributed by atoms with van der Waals surface area (Å²) in [6.45, 7) is 7.10. The van der Waals surface area contributed by atoms with Gasteiger partial charge in [-0.15, -0.1) is 0 Å². The van der Waals surface area contributed by atoms with Gasteiger partial charge in [-0.3, -0.25) is 0 Å². The highest BCUT2D eigenvalue weighted by Crippen LogP contribution is 2.31. The predicted molar refractivity (Wildman–Crippen MR) is 137 cm³/mol. The van der Waals surface area contributed by atoms with Gasteiger partial charge in [0.2, 0.25) is 0 Å². The summed E-state index contributed by atoms with van der Waals surface area (Å²) >= 11 is 0. The summed E-state index contributed by atoms with van der Waals surface area (Å²) in [5, 5.41) is 4.43. The molecule has 0 aliphatic heterocycles. The minimum absolute atomic E-state index is 0.374. The molecule has 0 bridgehead atoms. The molecule has 0 amide bonds. The molecule has 0 saturated heterocycles. The van der Waals surface area contributed by atoms with E-state index >= 15 is 0 Å². The number of hydrogen-bond donors (Lipinski definition) is 0. The van der Waals surface area contributed by atoms with Crippen LogP contribution in [0, 0.1) is 6.92 Å². The Labute approximate surface area is 201 Å². The van der Waals surface area contributed by atoms with E-state index in [0.717, 1.165) is 51.0 Å². The lowest BCUT2D eigenvalue weighted by Crippen LogP contribution is -2.03. The summed E-state index contributed by atoms with van der Waals surface area (Å²) < 4.78 is 13.2. The lowest BCUT2D eigenvalue weighted by Gasteiger charge is -2.13. The Kier molecular flexibility index (Phi) is 7.33. The number of nitrogens with zero attached hydrogens (tertiary/aromatic N) is 2. The largest absolute Gasteiger partial charge is 0.497 e. The first-order chi connectivity index (χ1) is 16.6. The third-order valence-electron chi connectivity index (χ3n) is 5.68. The molecule has 0 saturated carbocycles. The smallest absolute Gasteiger partial charge is 0.142 e. The Hall–Kier alpha value is -3.99. The van der Waals surface area contributed by atoms with Crippen LogP contribution in [0.25, 0.3) is 16.9 Å². The summed E-state index contributed by atoms with van der Waals surface area (Å²) in [6, 6.07) is 28.5. The van der Waals surface area contributed by atoms with Gasteiger partial charge in [-0.1, -0.05) is 47.6 Å². The van der Waals surface area contributed by atoms with E-state index in [-0.39, 0.29) is 0 Å². The predicted octanol–water partition coefficient (Wildman–Crippen LogP) is 6.80. The van der Waals surface area contributed by atoms with Gasteiger partial charge in [0, 0.05) is 16.9 Å². The molecule has 4 aromatic rings. The first-order valence-corrected chi connectivity index (χ1v) is 11.4. The molecule has 1 aromatic heterocycles. The Morgan fingerprint density at radius 2 is 1.65 bits per heavy atom. The lowest BCUT2D eigenvalue weighted by atomic mass is 10.1. The van der Waals surface area contributed by atoms with Gasteiger partial charge in [-0.05, 0) is 74.4 Å². The van der Waals surface area contributed by atoms with E-state index < -0.39 is 0 Å². The van der Waals surface area contributed by atoms with Gasteiger partial charge in [0.1, 0.15) is 18.1 Å². The molecule has 3 aromatic carbocycles. The minimum atomic E-state index is 0.374. The fraction of sp³-hybridized carbons (Fsp3) is 0.207. The SMILES string of the molecule is CCOc1ccc(-n2c(-c3ccccc3)cc(/C(C)=N\OCc3cccc(OC)c3)c2C)cc1. The number of ether oxygens (including phenoxy) is 2. The summed E-state index contributed by atoms with van der Waals surface area (Å²) in [5.41, 5.74) is 7.26. The zero-order valence-electron chi connectivity index (χ0n) is 20.1. The molecule has 0 N–H and O–H groups in total. The standard InChI is InChI=1S/C29H30N2O3/c1-5-33-26-16-14-25(15-17-26)31-22(3)28(19-29(31)24-11-7-6-8-12-24)21(2)30-34-20-23-10-9-13-27(18-23)32-4/h6-19H,5,20H2,1-4H3/b30-21-. The van der Waals surface area contributed by atoms with E-state index in [2.05, 4.69) is 59.1 Å². The number of methoxy groups -OCH3 is 1. The summed E-state index contributed by atoms with van der Waals surface area (Å²) in [5.74, 6) is 1.67. The Balaban J connectivity index is 1.66. The van der Waals surface area contributed by atoms with Gasteiger partial charge in [-0.2, -0.15) is 0 Å². The van der Waals surface area contributed by atoms with Crippen molar-refractivity contribution in [3.63, 3.8) is 0 Å². The molecule has 0 atom stereocenters. The molecule has 0 unspecified atom stereocenters. The highest BCUT2D eigenvalue weighted by molar-refractivity contribution is 6.01. The van der Waals surface area contributed by atoms with Crippen molar-refractivity contribution in [2.24, 2.45) is 5.16 Å². The molecule has 5 nitrogen and oxygen atoms in total. The van der Waals surface area contributed by atoms with Crippen molar-refractivity contribution >= 4 is 5.71 Å². The van der Waals surface area contributed by atoms with Crippen LogP contribution in [0.2, 0.25) is 0 Å². The van der Waals surface area contributed by atoms with Crippen LogP contribution in [0.1, 0.15) is 30.7 Å². The van der Waals surface area contributed by atoms with Crippen LogP contribution in [0.3, 0.4) is 0 Å². The highest BCUT2D eigenvalue weighted by Gasteiger charge is 2.17. The van der Waals surface area contributed by atoms with Crippen molar-refractivity contribution < 1.29 is 14.3 Å². The molecule has 0 fully saturated rings. The molecule has 34 heavy (non-hydrogen) atoms. The summed E-state index contributed by atoms with van der Waals surface area (Å²) in [7, 11) is 1.66. The van der Waals surface area contributed by atoms with Crippen LogP contribution < -0.4 is 9.47 Å². The van der Waals surface area contributed by atoms with Gasteiger partial charge in [0.05, 0.1) is 25.1 Å². The van der Waals surface area contributed by atoms with Crippen molar-refractivity contribution in [3.8, 4) is 28.4 Å². The molecule has 0 aliphatic carbocycles. The second-order valence-electron chi connectivity index (χ2n) is 7.96. The van der Waals surface area contributed by atoms with E-state index in [0.29, 0.717) is 13.2 Å². The fourth-order valence-electron chi connectivity index (χ4n) is 4.00. The monoisotopic (exact) mass is 454 g/mol. The second kappa shape index (κ2) is 10.8. The lowest BCUT2D eigenvalue weighted by molar-refractivity contribution is 0.130. The van der Waals surface area contributed by atoms with Crippen molar-refractivity contribution in [3.05, 3.63) is 102 Å². The van der Waals surface area contributed by atoms with Crippen LogP contribution in [0.15, 0.2) is 90.1 Å². The van der Waals surface area contributed by atoms with Gasteiger partial charge in [0.25, 0.3) is 0 Å². The number of rotatable bonds is 9. The maximum atomic E-state index is 5.70. The van der Waals surface area contributed by atoms with E-state index in [9.17, 15) is 0 Å². The normalized spacial score (nSPS) is 11.4. The Morgan fingerprint density at radius 1 is 0.882 bits per heavy atom. The van der Waals surface area contributed by atoms with Crippen LogP contribution in [0.4, 0.5) is 0 Å². The molecule has 0 aliphatic rings. The number of hydrogen-bond acceptors (Lipinski definition) is 4. The summed E-state index contributed by atoms with van der Waals surface area (Å²) in [4.78, 5) is 5.70. The molecule has 4 rings (SSSR count). The Bertz CT molecular complexity index is 1260. The maximum absolute atomic E-state index is 5.70.